The second kappa shape index (κ2) is 8.04. The van der Waals surface area contributed by atoms with E-state index in [9.17, 15) is 13.4 Å². The SMILES string of the molecule is CN(C)c1ccc(C=CC(=O)c2ccc3ccccc3c2OB(F)F)cc1. The second-order valence-corrected chi connectivity index (χ2v) is 6.23. The maximum absolute atomic E-state index is 12.9. The zero-order valence-corrected chi connectivity index (χ0v) is 15.0. The van der Waals surface area contributed by atoms with Crippen molar-refractivity contribution >= 4 is 35.8 Å². The number of hydrogen-bond acceptors (Lipinski definition) is 3. The molecular weight excluding hydrogens is 347 g/mol. The summed E-state index contributed by atoms with van der Waals surface area (Å²) in [4.78, 5) is 14.6. The monoisotopic (exact) mass is 365 g/mol. The highest BCUT2D eigenvalue weighted by molar-refractivity contribution is 6.36. The van der Waals surface area contributed by atoms with Crippen molar-refractivity contribution in [2.45, 2.75) is 0 Å². The molecule has 0 aliphatic heterocycles. The average molecular weight is 365 g/mol. The molecule has 0 aliphatic carbocycles. The first kappa shape index (κ1) is 18.6. The van der Waals surface area contributed by atoms with Crippen molar-refractivity contribution in [1.29, 1.82) is 0 Å². The average Bonchev–Trinajstić information content (AvgIpc) is 2.66. The smallest absolute Gasteiger partial charge is 0.504 e. The summed E-state index contributed by atoms with van der Waals surface area (Å²) in [6, 6.07) is 17.8. The van der Waals surface area contributed by atoms with Gasteiger partial charge in [-0.1, -0.05) is 48.5 Å². The first-order chi connectivity index (χ1) is 13.0. The predicted octanol–water partition coefficient (Wildman–Crippen LogP) is 5.10. The van der Waals surface area contributed by atoms with Crippen LogP contribution in [0, 0.1) is 0 Å². The number of anilines is 1. The summed E-state index contributed by atoms with van der Waals surface area (Å²) in [5.41, 5.74) is 1.99. The Morgan fingerprint density at radius 2 is 1.70 bits per heavy atom. The molecule has 3 aromatic carbocycles. The molecule has 0 unspecified atom stereocenters. The lowest BCUT2D eigenvalue weighted by molar-refractivity contribution is 0.104. The molecule has 0 N–H and O–H groups in total. The van der Waals surface area contributed by atoms with E-state index in [1.165, 1.54) is 12.1 Å². The van der Waals surface area contributed by atoms with E-state index in [1.807, 2.05) is 43.3 Å². The van der Waals surface area contributed by atoms with E-state index in [1.54, 1.807) is 36.4 Å². The van der Waals surface area contributed by atoms with Crippen LogP contribution in [0.15, 0.2) is 66.7 Å². The number of nitrogens with zero attached hydrogens (tertiary/aromatic N) is 1. The molecule has 136 valence electrons. The Morgan fingerprint density at radius 3 is 2.37 bits per heavy atom. The molecule has 0 saturated heterocycles. The van der Waals surface area contributed by atoms with E-state index in [-0.39, 0.29) is 11.3 Å². The fourth-order valence-electron chi connectivity index (χ4n) is 2.80. The first-order valence-electron chi connectivity index (χ1n) is 8.42. The van der Waals surface area contributed by atoms with Gasteiger partial charge in [0.05, 0.1) is 5.56 Å². The third-order valence-corrected chi connectivity index (χ3v) is 4.19. The summed E-state index contributed by atoms with van der Waals surface area (Å²) < 4.78 is 30.5. The summed E-state index contributed by atoms with van der Waals surface area (Å²) in [5.74, 6) is -0.492. The van der Waals surface area contributed by atoms with Gasteiger partial charge in [-0.15, -0.1) is 0 Å². The number of carbonyl (C=O) groups excluding carboxylic acids is 1. The minimum Gasteiger partial charge on any atom is -0.504 e. The predicted molar refractivity (Wildman–Crippen MR) is 107 cm³/mol. The molecule has 0 fully saturated rings. The molecule has 0 aliphatic rings. The van der Waals surface area contributed by atoms with E-state index in [0.717, 1.165) is 16.6 Å². The van der Waals surface area contributed by atoms with E-state index in [2.05, 4.69) is 4.65 Å². The number of allylic oxidation sites excluding steroid dienone is 1. The van der Waals surface area contributed by atoms with Gasteiger partial charge >= 0.3 is 7.47 Å². The molecular formula is C21H18BF2NO2. The molecule has 3 rings (SSSR count). The van der Waals surface area contributed by atoms with E-state index >= 15 is 0 Å². The third-order valence-electron chi connectivity index (χ3n) is 4.19. The van der Waals surface area contributed by atoms with Crippen molar-refractivity contribution in [3.8, 4) is 5.75 Å². The highest BCUT2D eigenvalue weighted by Gasteiger charge is 2.23. The van der Waals surface area contributed by atoms with Crippen LogP contribution in [0.5, 0.6) is 5.75 Å². The topological polar surface area (TPSA) is 29.5 Å². The summed E-state index contributed by atoms with van der Waals surface area (Å²) in [6.45, 7) is 0. The van der Waals surface area contributed by atoms with Gasteiger partial charge in [0, 0.05) is 25.2 Å². The molecule has 3 aromatic rings. The van der Waals surface area contributed by atoms with Gasteiger partial charge in [0.2, 0.25) is 0 Å². The molecule has 0 atom stereocenters. The Morgan fingerprint density at radius 1 is 1.00 bits per heavy atom. The van der Waals surface area contributed by atoms with Gasteiger partial charge in [-0.05, 0) is 35.2 Å². The van der Waals surface area contributed by atoms with Crippen LogP contribution >= 0.6 is 0 Å². The Bertz CT molecular complexity index is 985. The lowest BCUT2D eigenvalue weighted by Crippen LogP contribution is -2.12. The zero-order valence-electron chi connectivity index (χ0n) is 15.0. The maximum atomic E-state index is 12.9. The molecule has 0 aromatic heterocycles. The fourth-order valence-corrected chi connectivity index (χ4v) is 2.80. The maximum Gasteiger partial charge on any atom is 0.796 e. The van der Waals surface area contributed by atoms with Crippen molar-refractivity contribution in [2.75, 3.05) is 19.0 Å². The van der Waals surface area contributed by atoms with Crippen LogP contribution in [0.1, 0.15) is 15.9 Å². The third kappa shape index (κ3) is 4.34. The van der Waals surface area contributed by atoms with Crippen molar-refractivity contribution in [1.82, 2.24) is 0 Å². The Balaban J connectivity index is 1.92. The number of benzene rings is 3. The van der Waals surface area contributed by atoms with E-state index in [0.29, 0.717) is 5.39 Å². The zero-order chi connectivity index (χ0) is 19.4. The molecule has 27 heavy (non-hydrogen) atoms. The van der Waals surface area contributed by atoms with Gasteiger partial charge < -0.3 is 9.55 Å². The van der Waals surface area contributed by atoms with Gasteiger partial charge in [0.15, 0.2) is 5.78 Å². The molecule has 0 spiro atoms. The summed E-state index contributed by atoms with van der Waals surface area (Å²) in [6.07, 6.45) is 3.02. The number of ketones is 1. The van der Waals surface area contributed by atoms with Gasteiger partial charge in [0.1, 0.15) is 5.75 Å². The van der Waals surface area contributed by atoms with Gasteiger partial charge in [-0.25, -0.2) is 8.63 Å². The van der Waals surface area contributed by atoms with E-state index in [4.69, 9.17) is 0 Å². The first-order valence-corrected chi connectivity index (χ1v) is 8.42. The van der Waals surface area contributed by atoms with Crippen LogP contribution in [0.4, 0.5) is 14.3 Å². The van der Waals surface area contributed by atoms with Crippen LogP contribution < -0.4 is 9.55 Å². The summed E-state index contributed by atoms with van der Waals surface area (Å²) >= 11 is 0. The molecule has 0 amide bonds. The number of rotatable bonds is 6. The minimum absolute atomic E-state index is 0.0966. The standard InChI is InChI=1S/C21H18BF2NO2/c1-25(2)17-11-7-15(8-12-17)9-14-20(26)19-13-10-16-5-3-4-6-18(16)21(19)27-22(23)24/h3-14H,1-2H3. The Labute approximate surface area is 157 Å². The summed E-state index contributed by atoms with van der Waals surface area (Å²) in [5, 5.41) is 1.21. The lowest BCUT2D eigenvalue weighted by Gasteiger charge is -2.12. The fraction of sp³-hybridized carbons (Fsp3) is 0.0952. The van der Waals surface area contributed by atoms with Crippen LogP contribution in [-0.2, 0) is 0 Å². The molecule has 3 nitrogen and oxygen atoms in total. The largest absolute Gasteiger partial charge is 0.796 e. The van der Waals surface area contributed by atoms with E-state index < -0.39 is 13.3 Å². The number of carbonyl (C=O) groups is 1. The van der Waals surface area contributed by atoms with Crippen LogP contribution in [0.2, 0.25) is 0 Å². The number of hydrogen-bond donors (Lipinski definition) is 0. The van der Waals surface area contributed by atoms with Crippen LogP contribution in [0.25, 0.3) is 16.8 Å². The van der Waals surface area contributed by atoms with Crippen molar-refractivity contribution < 1.29 is 18.1 Å². The molecule has 0 bridgehead atoms. The quantitative estimate of drug-likeness (QED) is 0.346. The van der Waals surface area contributed by atoms with Gasteiger partial charge in [0.25, 0.3) is 0 Å². The highest BCUT2D eigenvalue weighted by atomic mass is 19.2. The second-order valence-electron chi connectivity index (χ2n) is 6.23. The van der Waals surface area contributed by atoms with Gasteiger partial charge in [-0.2, -0.15) is 0 Å². The molecule has 0 radical (unpaired) electrons. The van der Waals surface area contributed by atoms with Gasteiger partial charge in [-0.3, -0.25) is 4.79 Å². The normalized spacial score (nSPS) is 11.0. The number of fused-ring (bicyclic) bond motifs is 1. The van der Waals surface area contributed by atoms with Crippen molar-refractivity contribution in [3.63, 3.8) is 0 Å². The van der Waals surface area contributed by atoms with Crippen molar-refractivity contribution in [3.05, 3.63) is 77.9 Å². The highest BCUT2D eigenvalue weighted by Crippen LogP contribution is 2.31. The van der Waals surface area contributed by atoms with Crippen molar-refractivity contribution in [2.24, 2.45) is 0 Å². The Kier molecular flexibility index (Phi) is 5.55. The lowest BCUT2D eigenvalue weighted by atomic mass is 10.0. The van der Waals surface area contributed by atoms with Crippen LogP contribution in [-0.4, -0.2) is 27.3 Å². The molecule has 0 heterocycles. The molecule has 6 heteroatoms. The number of halogens is 2. The Hall–Kier alpha value is -3.15. The summed E-state index contributed by atoms with van der Waals surface area (Å²) in [7, 11) is 0.877. The van der Waals surface area contributed by atoms with Crippen LogP contribution in [0.3, 0.4) is 0 Å². The minimum atomic E-state index is -3.01. The molecule has 0 saturated carbocycles.